The highest BCUT2D eigenvalue weighted by Crippen LogP contribution is 2.26. The van der Waals surface area contributed by atoms with Crippen LogP contribution >= 0.6 is 0 Å². The number of rotatable bonds is 7. The molecule has 0 spiro atoms. The molecule has 0 aromatic heterocycles. The van der Waals surface area contributed by atoms with E-state index in [1.807, 2.05) is 6.07 Å². The molecule has 0 fully saturated rings. The third kappa shape index (κ3) is 4.39. The van der Waals surface area contributed by atoms with Crippen molar-refractivity contribution in [1.29, 1.82) is 0 Å². The van der Waals surface area contributed by atoms with Crippen LogP contribution in [0.2, 0.25) is 0 Å². The molecule has 0 radical (unpaired) electrons. The summed E-state index contributed by atoms with van der Waals surface area (Å²) in [5.41, 5.74) is 1.25. The zero-order chi connectivity index (χ0) is 12.7. The Balaban J connectivity index is 2.76. The van der Waals surface area contributed by atoms with E-state index < -0.39 is 0 Å². The molecule has 0 bridgehead atoms. The molecule has 0 saturated heterocycles. The maximum absolute atomic E-state index is 6.01. The van der Waals surface area contributed by atoms with Crippen molar-refractivity contribution in [2.45, 2.75) is 52.7 Å². The van der Waals surface area contributed by atoms with Crippen LogP contribution in [0.1, 0.15) is 52.1 Å². The lowest BCUT2D eigenvalue weighted by atomic mass is 10.1. The lowest BCUT2D eigenvalue weighted by Crippen LogP contribution is -2.20. The van der Waals surface area contributed by atoms with Gasteiger partial charge in [-0.25, -0.2) is 0 Å². The monoisotopic (exact) mass is 235 g/mol. The summed E-state index contributed by atoms with van der Waals surface area (Å²) >= 11 is 0. The molecule has 0 aliphatic carbocycles. The first-order valence-electron chi connectivity index (χ1n) is 6.68. The fourth-order valence-electron chi connectivity index (χ4n) is 2.04. The van der Waals surface area contributed by atoms with Crippen molar-refractivity contribution >= 4 is 0 Å². The van der Waals surface area contributed by atoms with Gasteiger partial charge >= 0.3 is 0 Å². The summed E-state index contributed by atoms with van der Waals surface area (Å²) in [5, 5.41) is 3.43. The molecule has 1 aromatic carbocycles. The lowest BCUT2D eigenvalue weighted by Gasteiger charge is -2.20. The van der Waals surface area contributed by atoms with E-state index in [9.17, 15) is 0 Å². The summed E-state index contributed by atoms with van der Waals surface area (Å²) in [6.45, 7) is 9.60. The predicted molar refractivity (Wildman–Crippen MR) is 73.5 cm³/mol. The number of hydrogen-bond donors (Lipinski definition) is 1. The van der Waals surface area contributed by atoms with Gasteiger partial charge in [-0.2, -0.15) is 0 Å². The number of para-hydroxylation sites is 1. The number of hydrogen-bond acceptors (Lipinski definition) is 2. The minimum absolute atomic E-state index is 0.287. The topological polar surface area (TPSA) is 21.3 Å². The highest BCUT2D eigenvalue weighted by atomic mass is 16.5. The molecule has 2 nitrogen and oxygen atoms in total. The van der Waals surface area contributed by atoms with Gasteiger partial charge in [0, 0.05) is 11.6 Å². The normalized spacial score (nSPS) is 14.4. The van der Waals surface area contributed by atoms with Gasteiger partial charge in [0.25, 0.3) is 0 Å². The molecule has 2 unspecified atom stereocenters. The van der Waals surface area contributed by atoms with Gasteiger partial charge < -0.3 is 10.1 Å². The van der Waals surface area contributed by atoms with Crippen LogP contribution < -0.4 is 10.1 Å². The van der Waals surface area contributed by atoms with Crippen LogP contribution in [0.4, 0.5) is 0 Å². The van der Waals surface area contributed by atoms with Crippen molar-refractivity contribution in [2.75, 3.05) is 6.54 Å². The third-order valence-electron chi connectivity index (χ3n) is 2.92. The third-order valence-corrected chi connectivity index (χ3v) is 2.92. The molecule has 2 heteroatoms. The predicted octanol–water partition coefficient (Wildman–Crippen LogP) is 3.92. The van der Waals surface area contributed by atoms with Crippen LogP contribution in [-0.2, 0) is 0 Å². The first kappa shape index (κ1) is 14.0. The molecule has 17 heavy (non-hydrogen) atoms. The van der Waals surface area contributed by atoms with E-state index in [4.69, 9.17) is 4.74 Å². The smallest absolute Gasteiger partial charge is 0.124 e. The summed E-state index contributed by atoms with van der Waals surface area (Å²) in [6.07, 6.45) is 2.55. The van der Waals surface area contributed by atoms with Crippen molar-refractivity contribution in [2.24, 2.45) is 0 Å². The average molecular weight is 235 g/mol. The zero-order valence-corrected chi connectivity index (χ0v) is 11.5. The molecule has 1 aromatic rings. The van der Waals surface area contributed by atoms with E-state index in [0.29, 0.717) is 6.04 Å². The zero-order valence-electron chi connectivity index (χ0n) is 11.5. The Hall–Kier alpha value is -1.02. The van der Waals surface area contributed by atoms with E-state index in [1.165, 1.54) is 5.56 Å². The minimum atomic E-state index is 0.287. The first-order valence-corrected chi connectivity index (χ1v) is 6.68. The van der Waals surface area contributed by atoms with Crippen LogP contribution in [0.5, 0.6) is 5.75 Å². The average Bonchev–Trinajstić information content (AvgIpc) is 2.30. The fraction of sp³-hybridized carbons (Fsp3) is 0.600. The Morgan fingerprint density at radius 2 is 1.88 bits per heavy atom. The van der Waals surface area contributed by atoms with Crippen molar-refractivity contribution in [3.05, 3.63) is 29.8 Å². The van der Waals surface area contributed by atoms with Crippen LogP contribution in [-0.4, -0.2) is 12.6 Å². The summed E-state index contributed by atoms with van der Waals surface area (Å²) in [6, 6.07) is 8.65. The summed E-state index contributed by atoms with van der Waals surface area (Å²) in [7, 11) is 0. The minimum Gasteiger partial charge on any atom is -0.490 e. The summed E-state index contributed by atoms with van der Waals surface area (Å²) < 4.78 is 6.01. The van der Waals surface area contributed by atoms with Crippen molar-refractivity contribution < 1.29 is 4.74 Å². The maximum Gasteiger partial charge on any atom is 0.124 e. The van der Waals surface area contributed by atoms with Crippen LogP contribution in [0.25, 0.3) is 0 Å². The molecular formula is C15H25NO. The summed E-state index contributed by atoms with van der Waals surface area (Å²) in [4.78, 5) is 0. The van der Waals surface area contributed by atoms with Gasteiger partial charge in [-0.05, 0) is 32.9 Å². The fourth-order valence-corrected chi connectivity index (χ4v) is 2.04. The Bertz CT molecular complexity index is 324. The molecule has 2 atom stereocenters. The highest BCUT2D eigenvalue weighted by Gasteiger charge is 2.12. The van der Waals surface area contributed by atoms with Gasteiger partial charge in [-0.15, -0.1) is 0 Å². The van der Waals surface area contributed by atoms with E-state index in [0.717, 1.165) is 25.1 Å². The lowest BCUT2D eigenvalue weighted by molar-refractivity contribution is 0.206. The molecule has 0 aliphatic heterocycles. The molecule has 96 valence electrons. The van der Waals surface area contributed by atoms with Crippen molar-refractivity contribution in [3.8, 4) is 5.75 Å². The molecule has 1 N–H and O–H groups in total. The molecule has 0 amide bonds. The van der Waals surface area contributed by atoms with Gasteiger partial charge in [-0.3, -0.25) is 0 Å². The van der Waals surface area contributed by atoms with E-state index in [1.54, 1.807) is 0 Å². The SMILES string of the molecule is CCCC(C)Oc1ccccc1C(C)NCC. The van der Waals surface area contributed by atoms with Crippen LogP contribution in [0.15, 0.2) is 24.3 Å². The van der Waals surface area contributed by atoms with Gasteiger partial charge in [0.2, 0.25) is 0 Å². The van der Waals surface area contributed by atoms with Gasteiger partial charge in [-0.1, -0.05) is 38.5 Å². The molecule has 0 saturated carbocycles. The van der Waals surface area contributed by atoms with Gasteiger partial charge in [0.05, 0.1) is 6.10 Å². The standard InChI is InChI=1S/C15H25NO/c1-5-9-12(3)17-15-11-8-7-10-14(15)13(4)16-6-2/h7-8,10-13,16H,5-6,9H2,1-4H3. The molecular weight excluding hydrogens is 210 g/mol. The van der Waals surface area contributed by atoms with Gasteiger partial charge in [0.15, 0.2) is 0 Å². The molecule has 1 rings (SSSR count). The van der Waals surface area contributed by atoms with Crippen molar-refractivity contribution in [1.82, 2.24) is 5.32 Å². The van der Waals surface area contributed by atoms with Crippen molar-refractivity contribution in [3.63, 3.8) is 0 Å². The largest absolute Gasteiger partial charge is 0.490 e. The van der Waals surface area contributed by atoms with E-state index in [2.05, 4.69) is 51.2 Å². The summed E-state index contributed by atoms with van der Waals surface area (Å²) in [5.74, 6) is 1.02. The second-order valence-electron chi connectivity index (χ2n) is 4.53. The number of nitrogens with one attached hydrogen (secondary N) is 1. The Morgan fingerprint density at radius 3 is 2.53 bits per heavy atom. The maximum atomic E-state index is 6.01. The number of benzene rings is 1. The Labute approximate surface area is 105 Å². The second-order valence-corrected chi connectivity index (χ2v) is 4.53. The molecule has 0 heterocycles. The first-order chi connectivity index (χ1) is 8.19. The van der Waals surface area contributed by atoms with Crippen LogP contribution in [0, 0.1) is 0 Å². The second kappa shape index (κ2) is 7.33. The number of ether oxygens (including phenoxy) is 1. The Morgan fingerprint density at radius 1 is 1.18 bits per heavy atom. The van der Waals surface area contributed by atoms with E-state index >= 15 is 0 Å². The Kier molecular flexibility index (Phi) is 6.06. The van der Waals surface area contributed by atoms with Crippen LogP contribution in [0.3, 0.4) is 0 Å². The van der Waals surface area contributed by atoms with E-state index in [-0.39, 0.29) is 6.10 Å². The van der Waals surface area contributed by atoms with Gasteiger partial charge in [0.1, 0.15) is 5.75 Å². The highest BCUT2D eigenvalue weighted by molar-refractivity contribution is 5.35. The molecule has 0 aliphatic rings. The quantitative estimate of drug-likeness (QED) is 0.773.